The van der Waals surface area contributed by atoms with Crippen LogP contribution in [0, 0.1) is 23.7 Å². The minimum Gasteiger partial charge on any atom is -0.495 e. The lowest BCUT2D eigenvalue weighted by molar-refractivity contribution is -0.120. The van der Waals surface area contributed by atoms with Gasteiger partial charge in [-0.05, 0) is 24.1 Å². The zero-order chi connectivity index (χ0) is 15.1. The molecule has 1 aromatic rings. The van der Waals surface area contributed by atoms with Gasteiger partial charge in [0, 0.05) is 11.5 Å². The Kier molecular flexibility index (Phi) is 6.08. The van der Waals surface area contributed by atoms with Gasteiger partial charge in [-0.15, -0.1) is 0 Å². The lowest BCUT2D eigenvalue weighted by Crippen LogP contribution is -2.24. The van der Waals surface area contributed by atoms with E-state index < -0.39 is 0 Å². The molecule has 4 nitrogen and oxygen atoms in total. The smallest absolute Gasteiger partial charge is 0.227 e. The minimum absolute atomic E-state index is 0.0257. The lowest BCUT2D eigenvalue weighted by atomic mass is 9.97. The summed E-state index contributed by atoms with van der Waals surface area (Å²) in [5, 5.41) is 2.90. The fourth-order valence-corrected chi connectivity index (χ4v) is 1.59. The molecular weight excluding hydrogens is 252 g/mol. The molecule has 0 aliphatic carbocycles. The van der Waals surface area contributed by atoms with E-state index in [0.717, 1.165) is 5.56 Å². The van der Waals surface area contributed by atoms with Crippen LogP contribution in [-0.4, -0.2) is 19.6 Å². The number of nitrogens with one attached hydrogen (secondary N) is 1. The van der Waals surface area contributed by atoms with Crippen molar-refractivity contribution in [1.29, 1.82) is 0 Å². The monoisotopic (exact) mass is 274 g/mol. The minimum atomic E-state index is -0.0708. The second kappa shape index (κ2) is 7.56. The molecule has 0 saturated heterocycles. The zero-order valence-corrected chi connectivity index (χ0v) is 12.5. The molecule has 1 aromatic carbocycles. The molecule has 0 aromatic heterocycles. The number of carbonyl (C=O) groups excluding carboxylic acids is 1. The Labute approximate surface area is 120 Å². The van der Waals surface area contributed by atoms with Gasteiger partial charge < -0.3 is 15.8 Å². The first-order valence-electron chi connectivity index (χ1n) is 6.67. The van der Waals surface area contributed by atoms with Crippen molar-refractivity contribution in [2.45, 2.75) is 20.8 Å². The van der Waals surface area contributed by atoms with Crippen molar-refractivity contribution in [2.24, 2.45) is 17.6 Å². The number of ether oxygens (including phenoxy) is 1. The maximum atomic E-state index is 12.1. The van der Waals surface area contributed by atoms with Gasteiger partial charge >= 0.3 is 0 Å². The average molecular weight is 274 g/mol. The Hall–Kier alpha value is -1.99. The van der Waals surface area contributed by atoms with Crippen molar-refractivity contribution in [2.75, 3.05) is 19.0 Å². The highest BCUT2D eigenvalue weighted by molar-refractivity contribution is 5.94. The van der Waals surface area contributed by atoms with E-state index in [4.69, 9.17) is 10.5 Å². The first-order chi connectivity index (χ1) is 9.49. The summed E-state index contributed by atoms with van der Waals surface area (Å²) in [6, 6.07) is 5.42. The van der Waals surface area contributed by atoms with Crippen LogP contribution < -0.4 is 15.8 Å². The third-order valence-electron chi connectivity index (χ3n) is 3.21. The van der Waals surface area contributed by atoms with Crippen LogP contribution in [0.4, 0.5) is 5.69 Å². The Balaban J connectivity index is 2.99. The van der Waals surface area contributed by atoms with Gasteiger partial charge in [0.15, 0.2) is 0 Å². The van der Waals surface area contributed by atoms with Crippen molar-refractivity contribution in [3.05, 3.63) is 23.8 Å². The van der Waals surface area contributed by atoms with E-state index in [9.17, 15) is 4.79 Å². The summed E-state index contributed by atoms with van der Waals surface area (Å²) in [5.74, 6) is 6.53. The van der Waals surface area contributed by atoms with Crippen molar-refractivity contribution in [3.63, 3.8) is 0 Å². The van der Waals surface area contributed by atoms with Gasteiger partial charge in [-0.25, -0.2) is 0 Å². The number of benzene rings is 1. The molecule has 0 aliphatic heterocycles. The quantitative estimate of drug-likeness (QED) is 0.828. The van der Waals surface area contributed by atoms with Crippen molar-refractivity contribution in [1.82, 2.24) is 0 Å². The molecule has 3 N–H and O–H groups in total. The maximum Gasteiger partial charge on any atom is 0.227 e. The van der Waals surface area contributed by atoms with Crippen LogP contribution in [0.1, 0.15) is 26.3 Å². The number of hydrogen-bond donors (Lipinski definition) is 2. The highest BCUT2D eigenvalue weighted by Crippen LogP contribution is 2.26. The molecule has 1 amide bonds. The number of hydrogen-bond acceptors (Lipinski definition) is 3. The predicted octanol–water partition coefficient (Wildman–Crippen LogP) is 2.24. The number of anilines is 1. The van der Waals surface area contributed by atoms with Crippen LogP contribution in [0.3, 0.4) is 0 Å². The van der Waals surface area contributed by atoms with E-state index in [1.165, 1.54) is 0 Å². The fraction of sp³-hybridized carbons (Fsp3) is 0.438. The summed E-state index contributed by atoms with van der Waals surface area (Å²) in [4.78, 5) is 12.1. The normalized spacial score (nSPS) is 11.5. The lowest BCUT2D eigenvalue weighted by Gasteiger charge is -2.17. The third-order valence-corrected chi connectivity index (χ3v) is 3.21. The van der Waals surface area contributed by atoms with Crippen molar-refractivity contribution >= 4 is 11.6 Å². The molecule has 0 bridgehead atoms. The molecule has 0 spiro atoms. The van der Waals surface area contributed by atoms with Gasteiger partial charge in [0.2, 0.25) is 5.91 Å². The Morgan fingerprint density at radius 2 is 2.10 bits per heavy atom. The van der Waals surface area contributed by atoms with Crippen LogP contribution in [0.2, 0.25) is 0 Å². The predicted molar refractivity (Wildman–Crippen MR) is 81.6 cm³/mol. The van der Waals surface area contributed by atoms with Gasteiger partial charge in [0.25, 0.3) is 0 Å². The number of methoxy groups -OCH3 is 1. The molecule has 1 rings (SSSR count). The van der Waals surface area contributed by atoms with E-state index in [2.05, 4.69) is 17.2 Å². The van der Waals surface area contributed by atoms with Gasteiger partial charge in [-0.3, -0.25) is 4.79 Å². The van der Waals surface area contributed by atoms with Gasteiger partial charge in [-0.1, -0.05) is 32.6 Å². The summed E-state index contributed by atoms with van der Waals surface area (Å²) < 4.78 is 5.26. The van der Waals surface area contributed by atoms with E-state index >= 15 is 0 Å². The molecule has 0 heterocycles. The molecule has 0 radical (unpaired) electrons. The van der Waals surface area contributed by atoms with Crippen LogP contribution in [0.25, 0.3) is 0 Å². The zero-order valence-electron chi connectivity index (χ0n) is 12.5. The molecular formula is C16H22N2O2. The van der Waals surface area contributed by atoms with Crippen LogP contribution in [0.15, 0.2) is 18.2 Å². The Morgan fingerprint density at radius 1 is 1.40 bits per heavy atom. The third kappa shape index (κ3) is 4.29. The van der Waals surface area contributed by atoms with E-state index in [1.54, 1.807) is 19.2 Å². The van der Waals surface area contributed by atoms with Crippen LogP contribution >= 0.6 is 0 Å². The summed E-state index contributed by atoms with van der Waals surface area (Å²) in [7, 11) is 1.57. The molecule has 0 saturated carbocycles. The molecule has 4 heteroatoms. The maximum absolute atomic E-state index is 12.1. The molecule has 1 atom stereocenters. The second-order valence-corrected chi connectivity index (χ2v) is 4.94. The van der Waals surface area contributed by atoms with Gasteiger partial charge in [-0.2, -0.15) is 0 Å². The fourth-order valence-electron chi connectivity index (χ4n) is 1.59. The molecule has 0 aliphatic rings. The topological polar surface area (TPSA) is 64.3 Å². The van der Waals surface area contributed by atoms with Crippen molar-refractivity contribution in [3.8, 4) is 17.6 Å². The first kappa shape index (κ1) is 16.1. The summed E-state index contributed by atoms with van der Waals surface area (Å²) in [6.07, 6.45) is 0. The SMILES string of the molecule is COc1ccc(C#CCN)cc1NC(=O)C(C)C(C)C. The highest BCUT2D eigenvalue weighted by atomic mass is 16.5. The molecule has 1 unspecified atom stereocenters. The first-order valence-corrected chi connectivity index (χ1v) is 6.67. The molecule has 108 valence electrons. The van der Waals surface area contributed by atoms with E-state index in [1.807, 2.05) is 26.8 Å². The van der Waals surface area contributed by atoms with E-state index in [0.29, 0.717) is 18.0 Å². The summed E-state index contributed by atoms with van der Waals surface area (Å²) in [5.41, 5.74) is 6.78. The standard InChI is InChI=1S/C16H22N2O2/c1-11(2)12(3)16(19)18-14-10-13(6-5-9-17)7-8-15(14)20-4/h7-8,10-12H,9,17H2,1-4H3,(H,18,19). The number of carbonyl (C=O) groups is 1. The van der Waals surface area contributed by atoms with Crippen LogP contribution in [0.5, 0.6) is 5.75 Å². The molecule has 0 fully saturated rings. The summed E-state index contributed by atoms with van der Waals surface area (Å²) >= 11 is 0. The molecule has 20 heavy (non-hydrogen) atoms. The number of amides is 1. The Bertz CT molecular complexity index is 527. The van der Waals surface area contributed by atoms with Crippen molar-refractivity contribution < 1.29 is 9.53 Å². The van der Waals surface area contributed by atoms with Crippen LogP contribution in [-0.2, 0) is 4.79 Å². The number of nitrogens with two attached hydrogens (primary N) is 1. The summed E-state index contributed by atoms with van der Waals surface area (Å²) in [6.45, 7) is 6.25. The van der Waals surface area contributed by atoms with E-state index in [-0.39, 0.29) is 17.7 Å². The second-order valence-electron chi connectivity index (χ2n) is 4.94. The average Bonchev–Trinajstić information content (AvgIpc) is 2.44. The number of rotatable bonds is 4. The van der Waals surface area contributed by atoms with Gasteiger partial charge in [0.05, 0.1) is 19.3 Å². The Morgan fingerprint density at radius 3 is 2.65 bits per heavy atom. The largest absolute Gasteiger partial charge is 0.495 e. The highest BCUT2D eigenvalue weighted by Gasteiger charge is 2.18. The van der Waals surface area contributed by atoms with Gasteiger partial charge in [0.1, 0.15) is 5.75 Å².